The second-order valence-corrected chi connectivity index (χ2v) is 10.8. The van der Waals surface area contributed by atoms with E-state index in [0.717, 1.165) is 72.3 Å². The third kappa shape index (κ3) is 5.51. The Hall–Kier alpha value is -5.80. The van der Waals surface area contributed by atoms with Gasteiger partial charge in [-0.05, 0) is 65.1 Å². The van der Waals surface area contributed by atoms with Crippen LogP contribution in [0, 0.1) is 0 Å². The Morgan fingerprint density at radius 3 is 2.07 bits per heavy atom. The molecule has 2 heterocycles. The molecule has 3 heteroatoms. The minimum Gasteiger partial charge on any atom is -0.456 e. The van der Waals surface area contributed by atoms with E-state index in [2.05, 4.69) is 105 Å². The normalized spacial score (nSPS) is 12.1. The molecule has 0 aliphatic carbocycles. The quantitative estimate of drug-likeness (QED) is 0.180. The smallest absolute Gasteiger partial charge is 0.160 e. The van der Waals surface area contributed by atoms with E-state index in [4.69, 9.17) is 14.4 Å². The van der Waals surface area contributed by atoms with Crippen molar-refractivity contribution >= 4 is 39.2 Å². The van der Waals surface area contributed by atoms with Gasteiger partial charge in [0.15, 0.2) is 5.82 Å². The Kier molecular flexibility index (Phi) is 7.27. The zero-order valence-corrected chi connectivity index (χ0v) is 24.4. The highest BCUT2D eigenvalue weighted by molar-refractivity contribution is 6.05. The van der Waals surface area contributed by atoms with Crippen molar-refractivity contribution in [3.05, 3.63) is 175 Å². The molecule has 0 aliphatic rings. The molecular formula is C41H30N2O. The van der Waals surface area contributed by atoms with E-state index < -0.39 is 0 Å². The van der Waals surface area contributed by atoms with Crippen LogP contribution in [0.2, 0.25) is 0 Å². The van der Waals surface area contributed by atoms with Crippen molar-refractivity contribution < 1.29 is 4.42 Å². The monoisotopic (exact) mass is 566 g/mol. The van der Waals surface area contributed by atoms with Crippen LogP contribution in [0.1, 0.15) is 23.7 Å². The van der Waals surface area contributed by atoms with Gasteiger partial charge < -0.3 is 4.42 Å². The molecule has 0 radical (unpaired) electrons. The van der Waals surface area contributed by atoms with Crippen molar-refractivity contribution in [1.29, 1.82) is 0 Å². The van der Waals surface area contributed by atoms with E-state index in [1.54, 1.807) is 0 Å². The Balaban J connectivity index is 1.36. The molecule has 0 fully saturated rings. The van der Waals surface area contributed by atoms with Crippen LogP contribution in [-0.4, -0.2) is 9.97 Å². The largest absolute Gasteiger partial charge is 0.456 e. The highest BCUT2D eigenvalue weighted by Gasteiger charge is 2.14. The van der Waals surface area contributed by atoms with E-state index >= 15 is 0 Å². The summed E-state index contributed by atoms with van der Waals surface area (Å²) in [6.45, 7) is 6.66. The Labute approximate surface area is 257 Å². The summed E-state index contributed by atoms with van der Waals surface area (Å²) in [5.74, 6) is 0.621. The first-order valence-electron chi connectivity index (χ1n) is 14.7. The summed E-state index contributed by atoms with van der Waals surface area (Å²) in [5.41, 5.74) is 10.5. The molecule has 44 heavy (non-hydrogen) atoms. The van der Waals surface area contributed by atoms with E-state index in [1.165, 1.54) is 0 Å². The van der Waals surface area contributed by atoms with Crippen molar-refractivity contribution in [2.24, 2.45) is 0 Å². The average molecular weight is 567 g/mol. The number of benzene rings is 5. The molecule has 0 aliphatic heterocycles. The van der Waals surface area contributed by atoms with Gasteiger partial charge in [-0.15, -0.1) is 0 Å². The maximum atomic E-state index is 6.20. The van der Waals surface area contributed by atoms with E-state index in [1.807, 2.05) is 60.7 Å². The Bertz CT molecular complexity index is 2170. The minimum atomic E-state index is 0.621. The van der Waals surface area contributed by atoms with Gasteiger partial charge in [0, 0.05) is 21.9 Å². The van der Waals surface area contributed by atoms with Crippen molar-refractivity contribution in [2.45, 2.75) is 6.92 Å². The number of hydrogen-bond acceptors (Lipinski definition) is 3. The summed E-state index contributed by atoms with van der Waals surface area (Å²) in [6, 6.07) is 47.3. The third-order valence-electron chi connectivity index (χ3n) is 7.77. The summed E-state index contributed by atoms with van der Waals surface area (Å²) in [5, 5.41) is 2.17. The van der Waals surface area contributed by atoms with Gasteiger partial charge in [-0.25, -0.2) is 9.97 Å². The molecule has 7 rings (SSSR count). The lowest BCUT2D eigenvalue weighted by Crippen LogP contribution is -1.98. The van der Waals surface area contributed by atoms with Gasteiger partial charge in [0.25, 0.3) is 0 Å². The van der Waals surface area contributed by atoms with Gasteiger partial charge in [-0.3, -0.25) is 0 Å². The standard InChI is InChI=1S/C41H30N2O/c1-28(24-30-14-6-3-7-15-30)36(31-16-8-4-9-17-31)25-29(2)37-27-38(32-18-10-5-11-19-32)43-41(42-37)33-22-23-35-34-20-12-13-21-39(34)44-40(35)26-33/h3-27H,2H2,1H3/b28-24+,36-25+. The van der Waals surface area contributed by atoms with Crippen LogP contribution in [0.25, 0.3) is 61.8 Å². The first kappa shape index (κ1) is 27.1. The number of allylic oxidation sites excluding steroid dienone is 4. The lowest BCUT2D eigenvalue weighted by Gasteiger charge is -2.13. The van der Waals surface area contributed by atoms with Crippen molar-refractivity contribution in [1.82, 2.24) is 9.97 Å². The Morgan fingerprint density at radius 2 is 1.30 bits per heavy atom. The predicted octanol–water partition coefficient (Wildman–Crippen LogP) is 10.9. The number of nitrogens with zero attached hydrogens (tertiary/aromatic N) is 2. The number of furan rings is 1. The zero-order valence-electron chi connectivity index (χ0n) is 24.4. The molecule has 0 spiro atoms. The average Bonchev–Trinajstić information content (AvgIpc) is 3.46. The lowest BCUT2D eigenvalue weighted by molar-refractivity contribution is 0.669. The first-order valence-corrected chi connectivity index (χ1v) is 14.7. The third-order valence-corrected chi connectivity index (χ3v) is 7.77. The molecule has 0 saturated heterocycles. The fourth-order valence-corrected chi connectivity index (χ4v) is 5.53. The number of fused-ring (bicyclic) bond motifs is 3. The summed E-state index contributed by atoms with van der Waals surface area (Å²) in [7, 11) is 0. The van der Waals surface area contributed by atoms with Gasteiger partial charge in [-0.2, -0.15) is 0 Å². The SMILES string of the molecule is C=C(/C=C(\C(C)=C\c1ccccc1)c1ccccc1)c1cc(-c2ccccc2)nc(-c2ccc3c(c2)oc2ccccc23)n1. The van der Waals surface area contributed by atoms with Crippen LogP contribution in [0.15, 0.2) is 162 Å². The van der Waals surface area contributed by atoms with Crippen molar-refractivity contribution in [2.75, 3.05) is 0 Å². The van der Waals surface area contributed by atoms with Crippen molar-refractivity contribution in [3.63, 3.8) is 0 Å². The Morgan fingerprint density at radius 1 is 0.636 bits per heavy atom. The van der Waals surface area contributed by atoms with Gasteiger partial charge in [0.1, 0.15) is 11.2 Å². The molecule has 0 saturated carbocycles. The van der Waals surface area contributed by atoms with Gasteiger partial charge in [0.2, 0.25) is 0 Å². The van der Waals surface area contributed by atoms with Crippen LogP contribution < -0.4 is 0 Å². The lowest BCUT2D eigenvalue weighted by atomic mass is 9.94. The molecule has 210 valence electrons. The molecule has 2 aromatic heterocycles. The summed E-state index contributed by atoms with van der Waals surface area (Å²) < 4.78 is 6.20. The fraction of sp³-hybridized carbons (Fsp3) is 0.0244. The molecule has 3 nitrogen and oxygen atoms in total. The number of aromatic nitrogens is 2. The second kappa shape index (κ2) is 11.8. The minimum absolute atomic E-state index is 0.621. The zero-order chi connectivity index (χ0) is 29.9. The van der Waals surface area contributed by atoms with Gasteiger partial charge in [-0.1, -0.05) is 128 Å². The molecule has 0 unspecified atom stereocenters. The maximum absolute atomic E-state index is 6.20. The summed E-state index contributed by atoms with van der Waals surface area (Å²) in [6.07, 6.45) is 4.34. The number of hydrogen-bond donors (Lipinski definition) is 0. The molecule has 5 aromatic carbocycles. The fourth-order valence-electron chi connectivity index (χ4n) is 5.53. The highest BCUT2D eigenvalue weighted by Crippen LogP contribution is 2.34. The number of rotatable bonds is 7. The summed E-state index contributed by atoms with van der Waals surface area (Å²) in [4.78, 5) is 10.1. The van der Waals surface area contributed by atoms with Crippen LogP contribution in [0.3, 0.4) is 0 Å². The van der Waals surface area contributed by atoms with Crippen molar-refractivity contribution in [3.8, 4) is 22.6 Å². The van der Waals surface area contributed by atoms with E-state index in [0.29, 0.717) is 5.82 Å². The molecule has 0 amide bonds. The predicted molar refractivity (Wildman–Crippen MR) is 184 cm³/mol. The van der Waals surface area contributed by atoms with Gasteiger partial charge in [0.05, 0.1) is 11.4 Å². The topological polar surface area (TPSA) is 38.9 Å². The molecule has 0 atom stereocenters. The van der Waals surface area contributed by atoms with Crippen LogP contribution in [0.5, 0.6) is 0 Å². The van der Waals surface area contributed by atoms with Crippen LogP contribution in [-0.2, 0) is 0 Å². The van der Waals surface area contributed by atoms with Crippen LogP contribution >= 0.6 is 0 Å². The highest BCUT2D eigenvalue weighted by atomic mass is 16.3. The van der Waals surface area contributed by atoms with Gasteiger partial charge >= 0.3 is 0 Å². The molecule has 0 N–H and O–H groups in total. The first-order chi connectivity index (χ1) is 21.6. The molecule has 7 aromatic rings. The van der Waals surface area contributed by atoms with E-state index in [-0.39, 0.29) is 0 Å². The van der Waals surface area contributed by atoms with Crippen LogP contribution in [0.4, 0.5) is 0 Å². The maximum Gasteiger partial charge on any atom is 0.160 e. The van der Waals surface area contributed by atoms with E-state index in [9.17, 15) is 0 Å². The number of para-hydroxylation sites is 1. The molecule has 0 bridgehead atoms. The second-order valence-electron chi connectivity index (χ2n) is 10.8. The molecular weight excluding hydrogens is 536 g/mol. The summed E-state index contributed by atoms with van der Waals surface area (Å²) >= 11 is 0.